The Labute approximate surface area is 103 Å². The molecule has 18 heavy (non-hydrogen) atoms. The van der Waals surface area contributed by atoms with E-state index in [1.54, 1.807) is 0 Å². The summed E-state index contributed by atoms with van der Waals surface area (Å²) in [6.07, 6.45) is 0. The molecule has 0 saturated carbocycles. The van der Waals surface area contributed by atoms with Crippen LogP contribution in [-0.2, 0) is 22.6 Å². The van der Waals surface area contributed by atoms with Crippen molar-refractivity contribution in [1.29, 1.82) is 0 Å². The summed E-state index contributed by atoms with van der Waals surface area (Å²) in [6, 6.07) is 3.05. The van der Waals surface area contributed by atoms with E-state index in [0.717, 1.165) is 19.2 Å². The molecule has 5 nitrogen and oxygen atoms in total. The van der Waals surface area contributed by atoms with Crippen LogP contribution in [0.4, 0.5) is 8.78 Å². The van der Waals surface area contributed by atoms with Crippen LogP contribution in [-0.4, -0.2) is 32.3 Å². The lowest BCUT2D eigenvalue weighted by Gasteiger charge is -2.18. The van der Waals surface area contributed by atoms with Gasteiger partial charge in [0.15, 0.2) is 0 Å². The number of hydrogen-bond donors (Lipinski definition) is 3. The molecular weight excluding hydrogens is 268 g/mol. The highest BCUT2D eigenvalue weighted by Gasteiger charge is 2.36. The smallest absolute Gasteiger partial charge is 0.297 e. The maximum absolute atomic E-state index is 13.5. The molecule has 0 heterocycles. The molecule has 1 aromatic carbocycles. The Balaban J connectivity index is 3.54. The monoisotopic (exact) mass is 281 g/mol. The molecule has 0 unspecified atom stereocenters. The fraction of sp³-hybridized carbons (Fsp3) is 0.400. The van der Waals surface area contributed by atoms with E-state index in [1.807, 2.05) is 4.72 Å². The SMILES string of the molecule is CNS(=O)(=O)c1ccc(CO)cc1C(F)(F)CO. The van der Waals surface area contributed by atoms with Gasteiger partial charge in [0.05, 0.1) is 11.5 Å². The molecule has 0 fully saturated rings. The summed E-state index contributed by atoms with van der Waals surface area (Å²) in [6.45, 7) is -2.03. The van der Waals surface area contributed by atoms with Crippen molar-refractivity contribution in [2.75, 3.05) is 13.7 Å². The van der Waals surface area contributed by atoms with Crippen LogP contribution in [0.2, 0.25) is 0 Å². The third-order valence-corrected chi connectivity index (χ3v) is 3.85. The number of halogens is 2. The summed E-state index contributed by atoms with van der Waals surface area (Å²) in [5.74, 6) is -3.70. The van der Waals surface area contributed by atoms with Gasteiger partial charge < -0.3 is 10.2 Å². The van der Waals surface area contributed by atoms with Crippen LogP contribution in [0.1, 0.15) is 11.1 Å². The molecule has 0 spiro atoms. The number of nitrogens with one attached hydrogen (secondary N) is 1. The standard InChI is InChI=1S/C10H13F2NO4S/c1-13-18(16,17)9-3-2-7(5-14)4-8(9)10(11,12)6-15/h2-4,13-15H,5-6H2,1H3. The van der Waals surface area contributed by atoms with Crippen molar-refractivity contribution >= 4 is 10.0 Å². The summed E-state index contributed by atoms with van der Waals surface area (Å²) in [4.78, 5) is -0.624. The number of sulfonamides is 1. The van der Waals surface area contributed by atoms with Gasteiger partial charge in [-0.2, -0.15) is 8.78 Å². The van der Waals surface area contributed by atoms with E-state index in [1.165, 1.54) is 6.07 Å². The van der Waals surface area contributed by atoms with Crippen molar-refractivity contribution < 1.29 is 27.4 Å². The molecule has 0 bridgehead atoms. The topological polar surface area (TPSA) is 86.6 Å². The zero-order chi connectivity index (χ0) is 14.0. The van der Waals surface area contributed by atoms with Gasteiger partial charge in [-0.05, 0) is 24.7 Å². The van der Waals surface area contributed by atoms with Gasteiger partial charge in [-0.15, -0.1) is 0 Å². The molecule has 0 atom stereocenters. The average Bonchev–Trinajstić information content (AvgIpc) is 2.37. The van der Waals surface area contributed by atoms with Gasteiger partial charge in [0.2, 0.25) is 10.0 Å². The summed E-state index contributed by atoms with van der Waals surface area (Å²) in [5, 5.41) is 17.5. The number of rotatable bonds is 5. The van der Waals surface area contributed by atoms with Crippen molar-refractivity contribution in [2.45, 2.75) is 17.4 Å². The number of hydrogen-bond acceptors (Lipinski definition) is 4. The average molecular weight is 281 g/mol. The number of benzene rings is 1. The van der Waals surface area contributed by atoms with Crippen molar-refractivity contribution in [1.82, 2.24) is 4.72 Å². The first-order valence-electron chi connectivity index (χ1n) is 4.95. The molecule has 102 valence electrons. The van der Waals surface area contributed by atoms with Gasteiger partial charge in [0, 0.05) is 5.56 Å². The van der Waals surface area contributed by atoms with Crippen molar-refractivity contribution in [3.05, 3.63) is 29.3 Å². The number of alkyl halides is 2. The fourth-order valence-corrected chi connectivity index (χ4v) is 2.36. The van der Waals surface area contributed by atoms with Crippen molar-refractivity contribution in [2.24, 2.45) is 0 Å². The Morgan fingerprint density at radius 1 is 1.33 bits per heavy atom. The van der Waals surface area contributed by atoms with Gasteiger partial charge in [0.1, 0.15) is 6.61 Å². The summed E-state index contributed by atoms with van der Waals surface area (Å²) >= 11 is 0. The number of aliphatic hydroxyl groups excluding tert-OH is 2. The van der Waals surface area contributed by atoms with Crippen LogP contribution in [0.15, 0.2) is 23.1 Å². The fourth-order valence-electron chi connectivity index (χ4n) is 1.39. The Bertz CT molecular complexity index is 531. The molecule has 0 aromatic heterocycles. The van der Waals surface area contributed by atoms with Crippen LogP contribution in [0.5, 0.6) is 0 Å². The molecule has 8 heteroatoms. The molecule has 3 N–H and O–H groups in total. The second-order valence-corrected chi connectivity index (χ2v) is 5.41. The van der Waals surface area contributed by atoms with E-state index < -0.39 is 39.6 Å². The molecular formula is C10H13F2NO4S. The van der Waals surface area contributed by atoms with Gasteiger partial charge in [-0.25, -0.2) is 13.1 Å². The minimum Gasteiger partial charge on any atom is -0.392 e. The summed E-state index contributed by atoms with van der Waals surface area (Å²) in [5.41, 5.74) is -0.709. The van der Waals surface area contributed by atoms with Crippen LogP contribution >= 0.6 is 0 Å². The molecule has 0 aliphatic carbocycles. The van der Waals surface area contributed by atoms with Crippen LogP contribution in [0.25, 0.3) is 0 Å². The van der Waals surface area contributed by atoms with Gasteiger partial charge in [-0.3, -0.25) is 0 Å². The summed E-state index contributed by atoms with van der Waals surface area (Å²) < 4.78 is 52.1. The molecule has 0 saturated heterocycles. The Morgan fingerprint density at radius 3 is 2.39 bits per heavy atom. The molecule has 1 aromatic rings. The molecule has 0 radical (unpaired) electrons. The minimum absolute atomic E-state index is 0.133. The van der Waals surface area contributed by atoms with Crippen molar-refractivity contribution in [3.8, 4) is 0 Å². The quantitative estimate of drug-likeness (QED) is 0.718. The maximum Gasteiger partial charge on any atom is 0.297 e. The Morgan fingerprint density at radius 2 is 1.94 bits per heavy atom. The maximum atomic E-state index is 13.5. The van der Waals surface area contributed by atoms with Crippen molar-refractivity contribution in [3.63, 3.8) is 0 Å². The normalized spacial score (nSPS) is 12.7. The van der Waals surface area contributed by atoms with Crippen LogP contribution in [0.3, 0.4) is 0 Å². The molecule has 1 rings (SSSR count). The van der Waals surface area contributed by atoms with E-state index in [9.17, 15) is 17.2 Å². The van der Waals surface area contributed by atoms with Crippen LogP contribution < -0.4 is 4.72 Å². The first-order chi connectivity index (χ1) is 8.28. The van der Waals surface area contributed by atoms with E-state index in [-0.39, 0.29) is 5.56 Å². The lowest BCUT2D eigenvalue weighted by atomic mass is 10.1. The third-order valence-electron chi connectivity index (χ3n) is 2.38. The first kappa shape index (κ1) is 15.0. The Hall–Kier alpha value is -1.09. The second kappa shape index (κ2) is 5.27. The zero-order valence-electron chi connectivity index (χ0n) is 9.52. The highest BCUT2D eigenvalue weighted by atomic mass is 32.2. The predicted molar refractivity (Wildman–Crippen MR) is 59.6 cm³/mol. The van der Waals surface area contributed by atoms with E-state index >= 15 is 0 Å². The molecule has 0 aliphatic rings. The second-order valence-electron chi connectivity index (χ2n) is 3.56. The highest BCUT2D eigenvalue weighted by Crippen LogP contribution is 2.33. The highest BCUT2D eigenvalue weighted by molar-refractivity contribution is 7.89. The lowest BCUT2D eigenvalue weighted by molar-refractivity contribution is -0.0580. The Kier molecular flexibility index (Phi) is 4.38. The lowest BCUT2D eigenvalue weighted by Crippen LogP contribution is -2.26. The van der Waals surface area contributed by atoms with Gasteiger partial charge in [-0.1, -0.05) is 6.07 Å². The largest absolute Gasteiger partial charge is 0.392 e. The van der Waals surface area contributed by atoms with Crippen LogP contribution in [0, 0.1) is 0 Å². The van der Waals surface area contributed by atoms with Gasteiger partial charge >= 0.3 is 0 Å². The predicted octanol–water partition coefficient (Wildman–Crippen LogP) is 0.171. The van der Waals surface area contributed by atoms with E-state index in [4.69, 9.17) is 10.2 Å². The minimum atomic E-state index is -4.07. The van der Waals surface area contributed by atoms with E-state index in [2.05, 4.69) is 0 Å². The third kappa shape index (κ3) is 2.83. The zero-order valence-corrected chi connectivity index (χ0v) is 10.3. The molecule has 0 amide bonds. The molecule has 0 aliphatic heterocycles. The van der Waals surface area contributed by atoms with E-state index in [0.29, 0.717) is 0 Å². The first-order valence-corrected chi connectivity index (χ1v) is 6.43. The number of aliphatic hydroxyl groups is 2. The summed E-state index contributed by atoms with van der Waals surface area (Å²) in [7, 11) is -2.98. The van der Waals surface area contributed by atoms with Gasteiger partial charge in [0.25, 0.3) is 5.92 Å².